The third-order valence-corrected chi connectivity index (χ3v) is 3.23. The highest BCUT2D eigenvalue weighted by molar-refractivity contribution is 5.67. The standard InChI is InChI=1S/C17H17F2NO3/c18-14-6-7-16(19)13(8-14)9-15(10-17(21)22)20-23-11-12-4-2-1-3-5-12/h1-8,15,20H,9-11H2,(H,21,22)/t15-/m1/s1. The first-order valence-corrected chi connectivity index (χ1v) is 7.11. The van der Waals surface area contributed by atoms with Gasteiger partial charge in [-0.3, -0.25) is 9.63 Å². The van der Waals surface area contributed by atoms with Gasteiger partial charge in [0.2, 0.25) is 0 Å². The quantitative estimate of drug-likeness (QED) is 0.734. The Morgan fingerprint density at radius 2 is 1.91 bits per heavy atom. The molecular formula is C17H17F2NO3. The maximum Gasteiger partial charge on any atom is 0.305 e. The summed E-state index contributed by atoms with van der Waals surface area (Å²) in [6.07, 6.45) is -0.268. The summed E-state index contributed by atoms with van der Waals surface area (Å²) in [7, 11) is 0. The Balaban J connectivity index is 1.96. The van der Waals surface area contributed by atoms with E-state index >= 15 is 0 Å². The molecule has 0 heterocycles. The van der Waals surface area contributed by atoms with Crippen LogP contribution in [0.3, 0.4) is 0 Å². The fourth-order valence-electron chi connectivity index (χ4n) is 2.15. The first-order chi connectivity index (χ1) is 11.0. The minimum absolute atomic E-state index is 0.00465. The van der Waals surface area contributed by atoms with E-state index in [-0.39, 0.29) is 25.0 Å². The van der Waals surface area contributed by atoms with Gasteiger partial charge in [0, 0.05) is 6.04 Å². The highest BCUT2D eigenvalue weighted by Crippen LogP contribution is 2.13. The highest BCUT2D eigenvalue weighted by atomic mass is 19.1. The Labute approximate surface area is 132 Å². The van der Waals surface area contributed by atoms with Crippen LogP contribution in [-0.2, 0) is 22.7 Å². The maximum atomic E-state index is 13.7. The van der Waals surface area contributed by atoms with E-state index in [4.69, 9.17) is 9.94 Å². The number of carboxylic acids is 1. The van der Waals surface area contributed by atoms with Gasteiger partial charge in [-0.15, -0.1) is 0 Å². The second-order valence-corrected chi connectivity index (χ2v) is 5.13. The van der Waals surface area contributed by atoms with Crippen LogP contribution >= 0.6 is 0 Å². The minimum Gasteiger partial charge on any atom is -0.481 e. The van der Waals surface area contributed by atoms with E-state index in [9.17, 15) is 13.6 Å². The van der Waals surface area contributed by atoms with Crippen molar-refractivity contribution in [3.05, 3.63) is 71.3 Å². The molecular weight excluding hydrogens is 304 g/mol. The normalized spacial score (nSPS) is 12.1. The molecule has 0 aliphatic rings. The third kappa shape index (κ3) is 5.77. The van der Waals surface area contributed by atoms with Crippen molar-refractivity contribution in [3.8, 4) is 0 Å². The fraction of sp³-hybridized carbons (Fsp3) is 0.235. The number of carboxylic acid groups (broad SMARTS) is 1. The molecule has 23 heavy (non-hydrogen) atoms. The predicted molar refractivity (Wildman–Crippen MR) is 80.5 cm³/mol. The Kier molecular flexibility index (Phi) is 6.19. The number of hydrogen-bond donors (Lipinski definition) is 2. The molecule has 0 saturated carbocycles. The van der Waals surface area contributed by atoms with Gasteiger partial charge < -0.3 is 5.11 Å². The molecule has 0 radical (unpaired) electrons. The van der Waals surface area contributed by atoms with E-state index in [1.54, 1.807) is 0 Å². The van der Waals surface area contributed by atoms with E-state index in [0.29, 0.717) is 0 Å². The van der Waals surface area contributed by atoms with Crippen LogP contribution in [0.5, 0.6) is 0 Å². The molecule has 0 aliphatic heterocycles. The van der Waals surface area contributed by atoms with Gasteiger partial charge in [-0.2, -0.15) is 5.48 Å². The van der Waals surface area contributed by atoms with E-state index < -0.39 is 23.6 Å². The molecule has 4 nitrogen and oxygen atoms in total. The lowest BCUT2D eigenvalue weighted by molar-refractivity contribution is -0.138. The second kappa shape index (κ2) is 8.36. The highest BCUT2D eigenvalue weighted by Gasteiger charge is 2.17. The molecule has 0 amide bonds. The van der Waals surface area contributed by atoms with Crippen LogP contribution < -0.4 is 5.48 Å². The van der Waals surface area contributed by atoms with Crippen molar-refractivity contribution in [1.29, 1.82) is 0 Å². The summed E-state index contributed by atoms with van der Waals surface area (Å²) in [4.78, 5) is 16.2. The largest absolute Gasteiger partial charge is 0.481 e. The minimum atomic E-state index is -1.05. The molecule has 0 saturated heterocycles. The van der Waals surface area contributed by atoms with Crippen molar-refractivity contribution in [3.63, 3.8) is 0 Å². The number of hydroxylamine groups is 1. The van der Waals surface area contributed by atoms with Gasteiger partial charge in [0.15, 0.2) is 0 Å². The summed E-state index contributed by atoms with van der Waals surface area (Å²) in [6, 6.07) is 11.7. The van der Waals surface area contributed by atoms with E-state index in [0.717, 1.165) is 23.8 Å². The van der Waals surface area contributed by atoms with E-state index in [1.807, 2.05) is 30.3 Å². The van der Waals surface area contributed by atoms with Crippen LogP contribution in [0.2, 0.25) is 0 Å². The van der Waals surface area contributed by atoms with E-state index in [1.165, 1.54) is 0 Å². The molecule has 122 valence electrons. The number of carbonyl (C=O) groups is 1. The zero-order valence-electron chi connectivity index (χ0n) is 12.3. The van der Waals surface area contributed by atoms with Gasteiger partial charge in [0.05, 0.1) is 13.0 Å². The van der Waals surface area contributed by atoms with Gasteiger partial charge in [0.1, 0.15) is 11.6 Å². The Morgan fingerprint density at radius 3 is 2.61 bits per heavy atom. The number of aliphatic carboxylic acids is 1. The zero-order valence-corrected chi connectivity index (χ0v) is 12.3. The summed E-state index contributed by atoms with van der Waals surface area (Å²) in [5, 5.41) is 8.94. The van der Waals surface area contributed by atoms with Crippen LogP contribution in [0.4, 0.5) is 8.78 Å². The second-order valence-electron chi connectivity index (χ2n) is 5.13. The molecule has 0 fully saturated rings. The van der Waals surface area contributed by atoms with Crippen LogP contribution in [0, 0.1) is 11.6 Å². The molecule has 2 rings (SSSR count). The molecule has 2 aromatic rings. The van der Waals surface area contributed by atoms with Crippen molar-refractivity contribution >= 4 is 5.97 Å². The summed E-state index contributed by atoms with van der Waals surface area (Å²) < 4.78 is 26.9. The van der Waals surface area contributed by atoms with Crippen molar-refractivity contribution < 1.29 is 23.5 Å². The Bertz CT molecular complexity index is 650. The van der Waals surface area contributed by atoms with Crippen molar-refractivity contribution in [2.45, 2.75) is 25.5 Å². The van der Waals surface area contributed by atoms with Gasteiger partial charge >= 0.3 is 5.97 Å². The predicted octanol–water partition coefficient (Wildman–Crippen LogP) is 3.07. The Hall–Kier alpha value is -2.31. The van der Waals surface area contributed by atoms with Gasteiger partial charge in [-0.1, -0.05) is 30.3 Å². The molecule has 1 atom stereocenters. The molecule has 0 aliphatic carbocycles. The SMILES string of the molecule is O=C(O)C[C@@H](Cc1cc(F)ccc1F)NOCc1ccccc1. The van der Waals surface area contributed by atoms with Crippen LogP contribution in [-0.4, -0.2) is 17.1 Å². The van der Waals surface area contributed by atoms with Gasteiger partial charge in [-0.25, -0.2) is 8.78 Å². The first kappa shape index (κ1) is 17.1. The summed E-state index contributed by atoms with van der Waals surface area (Å²) in [5.74, 6) is -2.20. The zero-order chi connectivity index (χ0) is 16.7. The average molecular weight is 321 g/mol. The molecule has 2 aromatic carbocycles. The fourth-order valence-corrected chi connectivity index (χ4v) is 2.15. The molecule has 2 N–H and O–H groups in total. The number of hydrogen-bond acceptors (Lipinski definition) is 3. The first-order valence-electron chi connectivity index (χ1n) is 7.11. The lowest BCUT2D eigenvalue weighted by Gasteiger charge is -2.17. The van der Waals surface area contributed by atoms with Crippen LogP contribution in [0.1, 0.15) is 17.5 Å². The topological polar surface area (TPSA) is 58.6 Å². The summed E-state index contributed by atoms with van der Waals surface area (Å²) in [5.41, 5.74) is 3.64. The Morgan fingerprint density at radius 1 is 1.17 bits per heavy atom. The van der Waals surface area contributed by atoms with Gasteiger partial charge in [0.25, 0.3) is 0 Å². The number of rotatable bonds is 8. The molecule has 0 spiro atoms. The third-order valence-electron chi connectivity index (χ3n) is 3.23. The molecule has 0 bridgehead atoms. The van der Waals surface area contributed by atoms with Crippen molar-refractivity contribution in [1.82, 2.24) is 5.48 Å². The number of benzene rings is 2. The average Bonchev–Trinajstić information content (AvgIpc) is 2.51. The van der Waals surface area contributed by atoms with Crippen LogP contribution in [0.15, 0.2) is 48.5 Å². The number of nitrogens with one attached hydrogen (secondary N) is 1. The molecule has 6 heteroatoms. The van der Waals surface area contributed by atoms with Gasteiger partial charge in [-0.05, 0) is 35.7 Å². The van der Waals surface area contributed by atoms with E-state index in [2.05, 4.69) is 5.48 Å². The number of halogens is 2. The maximum absolute atomic E-state index is 13.7. The van der Waals surface area contributed by atoms with Crippen molar-refractivity contribution in [2.24, 2.45) is 0 Å². The van der Waals surface area contributed by atoms with Crippen molar-refractivity contribution in [2.75, 3.05) is 0 Å². The summed E-state index contributed by atoms with van der Waals surface area (Å²) >= 11 is 0. The lowest BCUT2D eigenvalue weighted by Crippen LogP contribution is -2.33. The molecule has 0 unspecified atom stereocenters. The smallest absolute Gasteiger partial charge is 0.305 e. The lowest BCUT2D eigenvalue weighted by atomic mass is 10.0. The monoisotopic (exact) mass is 321 g/mol. The molecule has 0 aromatic heterocycles. The van der Waals surface area contributed by atoms with Crippen LogP contribution in [0.25, 0.3) is 0 Å². The summed E-state index contributed by atoms with van der Waals surface area (Å²) in [6.45, 7) is 0.239.